The second kappa shape index (κ2) is 11.1. The van der Waals surface area contributed by atoms with E-state index in [2.05, 4.69) is 5.32 Å². The van der Waals surface area contributed by atoms with Crippen LogP contribution in [0.4, 0.5) is 4.39 Å². The number of rotatable bonds is 9. The van der Waals surface area contributed by atoms with Crippen molar-refractivity contribution in [2.75, 3.05) is 6.61 Å². The van der Waals surface area contributed by atoms with Crippen LogP contribution in [0, 0.1) is 5.82 Å². The third-order valence-electron chi connectivity index (χ3n) is 5.54. The average Bonchev–Trinajstić information content (AvgIpc) is 3.27. The van der Waals surface area contributed by atoms with Crippen molar-refractivity contribution < 1.29 is 18.7 Å². The summed E-state index contributed by atoms with van der Waals surface area (Å²) in [6.07, 6.45) is 4.59. The van der Waals surface area contributed by atoms with E-state index in [0.717, 1.165) is 31.2 Å². The molecule has 0 aliphatic heterocycles. The number of carbonyl (C=O) groups is 2. The Morgan fingerprint density at radius 1 is 1.16 bits per heavy atom. The Kier molecular flexibility index (Phi) is 8.29. The van der Waals surface area contributed by atoms with Crippen molar-refractivity contribution in [3.8, 4) is 5.75 Å². The average molecular weight is 447 g/mol. The fraction of sp³-hybridized carbons (Fsp3) is 0.417. The summed E-state index contributed by atoms with van der Waals surface area (Å²) in [6, 6.07) is 12.6. The van der Waals surface area contributed by atoms with Crippen LogP contribution in [-0.2, 0) is 16.1 Å². The van der Waals surface area contributed by atoms with Gasteiger partial charge in [0.2, 0.25) is 5.91 Å². The fourth-order valence-corrected chi connectivity index (χ4v) is 3.98. The van der Waals surface area contributed by atoms with Crippen LogP contribution < -0.4 is 10.1 Å². The highest BCUT2D eigenvalue weighted by Gasteiger charge is 2.31. The number of halogens is 2. The third kappa shape index (κ3) is 6.44. The molecule has 1 aliphatic carbocycles. The molecular weight excluding hydrogens is 419 g/mol. The molecule has 2 amide bonds. The van der Waals surface area contributed by atoms with Gasteiger partial charge in [0.05, 0.1) is 0 Å². The number of hydrogen-bond acceptors (Lipinski definition) is 3. The molecule has 0 saturated heterocycles. The molecule has 2 aromatic rings. The molecule has 166 valence electrons. The van der Waals surface area contributed by atoms with Crippen LogP contribution in [0.1, 0.15) is 44.6 Å². The van der Waals surface area contributed by atoms with Crippen LogP contribution in [0.15, 0.2) is 48.5 Å². The highest BCUT2D eigenvalue weighted by Crippen LogP contribution is 2.20. The first kappa shape index (κ1) is 23.1. The predicted octanol–water partition coefficient (Wildman–Crippen LogP) is 4.72. The molecule has 31 heavy (non-hydrogen) atoms. The van der Waals surface area contributed by atoms with Gasteiger partial charge in [-0.3, -0.25) is 9.59 Å². The van der Waals surface area contributed by atoms with Gasteiger partial charge < -0.3 is 15.0 Å². The Morgan fingerprint density at radius 3 is 2.48 bits per heavy atom. The zero-order valence-electron chi connectivity index (χ0n) is 17.7. The molecule has 1 atom stereocenters. The second-order valence-electron chi connectivity index (χ2n) is 7.78. The van der Waals surface area contributed by atoms with E-state index in [1.807, 2.05) is 19.1 Å². The van der Waals surface area contributed by atoms with Gasteiger partial charge in [-0.15, -0.1) is 0 Å². The molecule has 1 saturated carbocycles. The number of hydrogen-bond donors (Lipinski definition) is 1. The fourth-order valence-electron chi connectivity index (χ4n) is 3.86. The Labute approximate surface area is 187 Å². The van der Waals surface area contributed by atoms with Crippen molar-refractivity contribution in [1.29, 1.82) is 0 Å². The Balaban J connectivity index is 1.76. The van der Waals surface area contributed by atoms with E-state index in [0.29, 0.717) is 11.4 Å². The summed E-state index contributed by atoms with van der Waals surface area (Å²) in [6.45, 7) is 1.74. The van der Waals surface area contributed by atoms with Crippen LogP contribution in [0.25, 0.3) is 0 Å². The van der Waals surface area contributed by atoms with Gasteiger partial charge in [0, 0.05) is 17.6 Å². The van der Waals surface area contributed by atoms with E-state index in [9.17, 15) is 14.0 Å². The molecule has 3 rings (SSSR count). The molecule has 1 aliphatic rings. The number of nitrogens with zero attached hydrogens (tertiary/aromatic N) is 1. The van der Waals surface area contributed by atoms with Gasteiger partial charge in [-0.1, -0.05) is 55.6 Å². The van der Waals surface area contributed by atoms with E-state index in [1.54, 1.807) is 24.3 Å². The molecule has 0 aromatic heterocycles. The normalized spacial score (nSPS) is 14.8. The molecular formula is C24H28ClFN2O3. The number of ether oxygens (including phenoxy) is 1. The minimum atomic E-state index is -0.645. The molecule has 1 unspecified atom stereocenters. The summed E-state index contributed by atoms with van der Waals surface area (Å²) in [5, 5.41) is 3.68. The maximum Gasteiger partial charge on any atom is 0.261 e. The van der Waals surface area contributed by atoms with Gasteiger partial charge in [-0.25, -0.2) is 4.39 Å². The minimum absolute atomic E-state index is 0.00532. The highest BCUT2D eigenvalue weighted by atomic mass is 35.5. The molecule has 7 heteroatoms. The maximum absolute atomic E-state index is 13.9. The first-order valence-electron chi connectivity index (χ1n) is 10.7. The van der Waals surface area contributed by atoms with Gasteiger partial charge in [0.15, 0.2) is 18.2 Å². The summed E-state index contributed by atoms with van der Waals surface area (Å²) >= 11 is 5.98. The van der Waals surface area contributed by atoms with Crippen LogP contribution in [0.3, 0.4) is 0 Å². The van der Waals surface area contributed by atoms with Gasteiger partial charge in [-0.05, 0) is 49.1 Å². The predicted molar refractivity (Wildman–Crippen MR) is 118 cm³/mol. The monoisotopic (exact) mass is 446 g/mol. The zero-order chi connectivity index (χ0) is 22.2. The standard InChI is InChI=1S/C24H28ClFN2O3/c1-2-21(24(30)27-19-7-3-4-8-19)28(15-17-11-13-18(25)14-12-17)23(29)16-31-22-10-6-5-9-20(22)26/h5-6,9-14,19,21H,2-4,7-8,15-16H2,1H3,(H,27,30). The highest BCUT2D eigenvalue weighted by molar-refractivity contribution is 6.30. The lowest BCUT2D eigenvalue weighted by atomic mass is 10.1. The van der Waals surface area contributed by atoms with E-state index in [4.69, 9.17) is 16.3 Å². The van der Waals surface area contributed by atoms with Crippen molar-refractivity contribution in [2.45, 2.75) is 57.7 Å². The molecule has 0 bridgehead atoms. The summed E-state index contributed by atoms with van der Waals surface area (Å²) in [7, 11) is 0. The quantitative estimate of drug-likeness (QED) is 0.606. The van der Waals surface area contributed by atoms with Gasteiger partial charge in [-0.2, -0.15) is 0 Å². The molecule has 5 nitrogen and oxygen atoms in total. The maximum atomic E-state index is 13.9. The molecule has 1 fully saturated rings. The van der Waals surface area contributed by atoms with Gasteiger partial charge >= 0.3 is 0 Å². The minimum Gasteiger partial charge on any atom is -0.481 e. The zero-order valence-corrected chi connectivity index (χ0v) is 18.4. The van der Waals surface area contributed by atoms with E-state index in [1.165, 1.54) is 17.0 Å². The first-order chi connectivity index (χ1) is 15.0. The third-order valence-corrected chi connectivity index (χ3v) is 5.79. The van der Waals surface area contributed by atoms with Gasteiger partial charge in [0.1, 0.15) is 6.04 Å². The Bertz CT molecular complexity index is 885. The molecule has 1 N–H and O–H groups in total. The number of nitrogens with one attached hydrogen (secondary N) is 1. The van der Waals surface area contributed by atoms with Gasteiger partial charge in [0.25, 0.3) is 5.91 Å². The number of para-hydroxylation sites is 1. The lowest BCUT2D eigenvalue weighted by Crippen LogP contribution is -2.52. The summed E-state index contributed by atoms with van der Waals surface area (Å²) < 4.78 is 19.3. The largest absolute Gasteiger partial charge is 0.481 e. The van der Waals surface area contributed by atoms with Crippen molar-refractivity contribution >= 4 is 23.4 Å². The Hall–Kier alpha value is -2.60. The SMILES string of the molecule is CCC(C(=O)NC1CCCC1)N(Cc1ccc(Cl)cc1)C(=O)COc1ccccc1F. The number of benzene rings is 2. The summed E-state index contributed by atoms with van der Waals surface area (Å²) in [5.41, 5.74) is 0.843. The lowest BCUT2D eigenvalue weighted by Gasteiger charge is -2.31. The Morgan fingerprint density at radius 2 is 1.84 bits per heavy atom. The topological polar surface area (TPSA) is 58.6 Å². The van der Waals surface area contributed by atoms with Crippen molar-refractivity contribution in [3.05, 3.63) is 64.9 Å². The second-order valence-corrected chi connectivity index (χ2v) is 8.22. The van der Waals surface area contributed by atoms with E-state index in [-0.39, 0.29) is 36.8 Å². The van der Waals surface area contributed by atoms with Crippen LogP contribution in [0.5, 0.6) is 5.75 Å². The van der Waals surface area contributed by atoms with E-state index < -0.39 is 11.9 Å². The van der Waals surface area contributed by atoms with Crippen LogP contribution in [-0.4, -0.2) is 35.4 Å². The van der Waals surface area contributed by atoms with E-state index >= 15 is 0 Å². The molecule has 2 aromatic carbocycles. The summed E-state index contributed by atoms with van der Waals surface area (Å²) in [5.74, 6) is -1.08. The first-order valence-corrected chi connectivity index (χ1v) is 11.1. The summed E-state index contributed by atoms with van der Waals surface area (Å²) in [4.78, 5) is 27.6. The molecule has 0 heterocycles. The van der Waals surface area contributed by atoms with Crippen molar-refractivity contribution in [2.24, 2.45) is 0 Å². The lowest BCUT2D eigenvalue weighted by molar-refractivity contribution is -0.143. The molecule has 0 radical (unpaired) electrons. The molecule has 0 spiro atoms. The number of carbonyl (C=O) groups excluding carboxylic acids is 2. The van der Waals surface area contributed by atoms with Crippen LogP contribution >= 0.6 is 11.6 Å². The van der Waals surface area contributed by atoms with Crippen molar-refractivity contribution in [3.63, 3.8) is 0 Å². The van der Waals surface area contributed by atoms with Crippen LogP contribution in [0.2, 0.25) is 5.02 Å². The smallest absolute Gasteiger partial charge is 0.261 e. The van der Waals surface area contributed by atoms with Crippen molar-refractivity contribution in [1.82, 2.24) is 10.2 Å². The number of amides is 2.